The molecular formula is C11H12N2OS. The molecule has 0 radical (unpaired) electrons. The number of benzene rings is 1. The van der Waals surface area contributed by atoms with Crippen LogP contribution in [0.4, 0.5) is 5.69 Å². The van der Waals surface area contributed by atoms with Crippen LogP contribution in [-0.2, 0) is 4.79 Å². The molecule has 4 heteroatoms. The summed E-state index contributed by atoms with van der Waals surface area (Å²) in [6, 6.07) is 9.46. The molecule has 1 amide bonds. The number of anilines is 1. The Morgan fingerprint density at radius 2 is 2.07 bits per heavy atom. The first-order chi connectivity index (χ1) is 7.20. The quantitative estimate of drug-likeness (QED) is 0.729. The number of rotatable bonds is 1. The number of hydrogen-bond donors (Lipinski definition) is 1. The van der Waals surface area contributed by atoms with Crippen molar-refractivity contribution < 1.29 is 4.79 Å². The van der Waals surface area contributed by atoms with E-state index in [1.54, 1.807) is 4.90 Å². The summed E-state index contributed by atoms with van der Waals surface area (Å²) in [5, 5.41) is 3.54. The smallest absolute Gasteiger partial charge is 0.237 e. The molecule has 1 N–H and O–H groups in total. The zero-order chi connectivity index (χ0) is 10.8. The van der Waals surface area contributed by atoms with E-state index in [2.05, 4.69) is 5.32 Å². The molecule has 1 saturated heterocycles. The molecule has 0 aliphatic carbocycles. The lowest BCUT2D eigenvalue weighted by molar-refractivity contribution is -0.121. The summed E-state index contributed by atoms with van der Waals surface area (Å²) < 4.78 is 0. The number of nitrogens with one attached hydrogen (secondary N) is 1. The van der Waals surface area contributed by atoms with Crippen molar-refractivity contribution in [2.45, 2.75) is 6.92 Å². The first-order valence-electron chi connectivity index (χ1n) is 4.87. The number of nitrogens with zero attached hydrogens (tertiary/aromatic N) is 1. The maximum Gasteiger partial charge on any atom is 0.237 e. The Bertz CT molecular complexity index is 391. The van der Waals surface area contributed by atoms with Crippen LogP contribution in [0.25, 0.3) is 0 Å². The molecule has 1 aliphatic rings. The van der Waals surface area contributed by atoms with Crippen LogP contribution in [0.2, 0.25) is 0 Å². The van der Waals surface area contributed by atoms with Crippen molar-refractivity contribution in [2.75, 3.05) is 11.4 Å². The number of carbonyl (C=O) groups is 1. The zero-order valence-corrected chi connectivity index (χ0v) is 9.25. The van der Waals surface area contributed by atoms with Crippen molar-refractivity contribution in [1.29, 1.82) is 0 Å². The standard InChI is InChI=1S/C11H12N2OS/c1-8-7-12-11(15)13(10(8)14)9-5-3-2-4-6-9/h2-6,8H,7H2,1H3,(H,12,15). The van der Waals surface area contributed by atoms with Crippen LogP contribution >= 0.6 is 12.2 Å². The summed E-state index contributed by atoms with van der Waals surface area (Å²) in [5.74, 6) is 0.0295. The maximum atomic E-state index is 11.9. The topological polar surface area (TPSA) is 32.3 Å². The van der Waals surface area contributed by atoms with Gasteiger partial charge in [-0.05, 0) is 24.4 Å². The highest BCUT2D eigenvalue weighted by atomic mass is 32.1. The lowest BCUT2D eigenvalue weighted by Crippen LogP contribution is -2.54. The average Bonchev–Trinajstić information content (AvgIpc) is 2.26. The molecule has 1 heterocycles. The van der Waals surface area contributed by atoms with Gasteiger partial charge in [-0.2, -0.15) is 0 Å². The number of thiocarbonyl (C=S) groups is 1. The van der Waals surface area contributed by atoms with Crippen LogP contribution in [-0.4, -0.2) is 17.6 Å². The molecule has 0 bridgehead atoms. The summed E-state index contributed by atoms with van der Waals surface area (Å²) in [7, 11) is 0. The minimum Gasteiger partial charge on any atom is -0.361 e. The maximum absolute atomic E-state index is 11.9. The van der Waals surface area contributed by atoms with Crippen LogP contribution in [0.5, 0.6) is 0 Å². The molecule has 1 unspecified atom stereocenters. The lowest BCUT2D eigenvalue weighted by atomic mass is 10.1. The number of amides is 1. The van der Waals surface area contributed by atoms with Gasteiger partial charge in [0, 0.05) is 6.54 Å². The number of para-hydroxylation sites is 1. The van der Waals surface area contributed by atoms with Gasteiger partial charge >= 0.3 is 0 Å². The molecule has 1 fully saturated rings. The first kappa shape index (κ1) is 10.1. The summed E-state index contributed by atoms with van der Waals surface area (Å²) in [6.07, 6.45) is 0. The third-order valence-corrected chi connectivity index (χ3v) is 2.75. The third kappa shape index (κ3) is 1.85. The van der Waals surface area contributed by atoms with Crippen molar-refractivity contribution in [3.05, 3.63) is 30.3 Å². The van der Waals surface area contributed by atoms with E-state index in [9.17, 15) is 4.79 Å². The Morgan fingerprint density at radius 3 is 2.73 bits per heavy atom. The van der Waals surface area contributed by atoms with Crippen molar-refractivity contribution in [3.63, 3.8) is 0 Å². The Morgan fingerprint density at radius 1 is 1.40 bits per heavy atom. The Labute approximate surface area is 94.1 Å². The highest BCUT2D eigenvalue weighted by Crippen LogP contribution is 2.19. The van der Waals surface area contributed by atoms with E-state index >= 15 is 0 Å². The van der Waals surface area contributed by atoms with Gasteiger partial charge in [0.25, 0.3) is 0 Å². The molecule has 0 aromatic heterocycles. The second-order valence-corrected chi connectivity index (χ2v) is 3.98. The predicted octanol–water partition coefficient (Wildman–Crippen LogP) is 1.54. The van der Waals surface area contributed by atoms with Crippen LogP contribution in [0.1, 0.15) is 6.92 Å². The van der Waals surface area contributed by atoms with Gasteiger partial charge in [0.2, 0.25) is 5.91 Å². The molecule has 1 aromatic carbocycles. The van der Waals surface area contributed by atoms with E-state index in [1.165, 1.54) is 0 Å². The summed E-state index contributed by atoms with van der Waals surface area (Å²) >= 11 is 5.13. The highest BCUT2D eigenvalue weighted by molar-refractivity contribution is 7.80. The summed E-state index contributed by atoms with van der Waals surface area (Å²) in [5.41, 5.74) is 0.826. The van der Waals surface area contributed by atoms with Gasteiger partial charge in [0.05, 0.1) is 11.6 Å². The Kier molecular flexibility index (Phi) is 2.68. The second kappa shape index (κ2) is 3.98. The summed E-state index contributed by atoms with van der Waals surface area (Å²) in [6.45, 7) is 2.52. The molecule has 3 nitrogen and oxygen atoms in total. The molecule has 0 saturated carbocycles. The molecule has 1 atom stereocenters. The van der Waals surface area contributed by atoms with Gasteiger partial charge in [-0.15, -0.1) is 0 Å². The molecule has 15 heavy (non-hydrogen) atoms. The van der Waals surface area contributed by atoms with E-state index in [0.29, 0.717) is 11.7 Å². The summed E-state index contributed by atoms with van der Waals surface area (Å²) in [4.78, 5) is 13.5. The minimum atomic E-state index is -0.0306. The van der Waals surface area contributed by atoms with Gasteiger partial charge in [-0.3, -0.25) is 9.69 Å². The number of hydrogen-bond acceptors (Lipinski definition) is 2. The van der Waals surface area contributed by atoms with Crippen LogP contribution < -0.4 is 10.2 Å². The first-order valence-corrected chi connectivity index (χ1v) is 5.28. The third-order valence-electron chi connectivity index (χ3n) is 2.42. The van der Waals surface area contributed by atoms with Gasteiger partial charge in [-0.1, -0.05) is 25.1 Å². The Balaban J connectivity index is 2.34. The number of carbonyl (C=O) groups excluding carboxylic acids is 1. The molecule has 1 aromatic rings. The van der Waals surface area contributed by atoms with E-state index in [4.69, 9.17) is 12.2 Å². The molecule has 2 rings (SSSR count). The van der Waals surface area contributed by atoms with E-state index in [-0.39, 0.29) is 11.8 Å². The van der Waals surface area contributed by atoms with Crippen LogP contribution in [0, 0.1) is 5.92 Å². The highest BCUT2D eigenvalue weighted by Gasteiger charge is 2.29. The fraction of sp³-hybridized carbons (Fsp3) is 0.273. The minimum absolute atomic E-state index is 0.0306. The SMILES string of the molecule is CC1CNC(=S)N(c2ccccc2)C1=O. The van der Waals surface area contributed by atoms with Gasteiger partial charge < -0.3 is 5.32 Å². The lowest BCUT2D eigenvalue weighted by Gasteiger charge is -2.31. The van der Waals surface area contributed by atoms with E-state index in [1.807, 2.05) is 37.3 Å². The fourth-order valence-electron chi connectivity index (χ4n) is 1.55. The van der Waals surface area contributed by atoms with Crippen LogP contribution in [0.15, 0.2) is 30.3 Å². The van der Waals surface area contributed by atoms with Crippen LogP contribution in [0.3, 0.4) is 0 Å². The monoisotopic (exact) mass is 220 g/mol. The van der Waals surface area contributed by atoms with Crippen molar-refractivity contribution in [2.24, 2.45) is 5.92 Å². The zero-order valence-electron chi connectivity index (χ0n) is 8.43. The molecule has 78 valence electrons. The molecule has 0 spiro atoms. The largest absolute Gasteiger partial charge is 0.361 e. The normalized spacial score (nSPS) is 21.4. The van der Waals surface area contributed by atoms with Crippen molar-refractivity contribution in [1.82, 2.24) is 5.32 Å². The van der Waals surface area contributed by atoms with Gasteiger partial charge in [-0.25, -0.2) is 0 Å². The molecule has 1 aliphatic heterocycles. The van der Waals surface area contributed by atoms with E-state index < -0.39 is 0 Å². The van der Waals surface area contributed by atoms with Crippen molar-refractivity contribution in [3.8, 4) is 0 Å². The molecular weight excluding hydrogens is 208 g/mol. The average molecular weight is 220 g/mol. The van der Waals surface area contributed by atoms with Gasteiger partial charge in [0.15, 0.2) is 5.11 Å². The van der Waals surface area contributed by atoms with E-state index in [0.717, 1.165) is 5.69 Å². The predicted molar refractivity (Wildman–Crippen MR) is 63.7 cm³/mol. The van der Waals surface area contributed by atoms with Gasteiger partial charge in [0.1, 0.15) is 0 Å². The fourth-order valence-corrected chi connectivity index (χ4v) is 1.83. The second-order valence-electron chi connectivity index (χ2n) is 3.60. The van der Waals surface area contributed by atoms with Crippen molar-refractivity contribution >= 4 is 28.9 Å². The Hall–Kier alpha value is -1.42.